The quantitative estimate of drug-likeness (QED) is 0.414. The van der Waals surface area contributed by atoms with Crippen LogP contribution in [0.4, 0.5) is 0 Å². The summed E-state index contributed by atoms with van der Waals surface area (Å²) < 4.78 is 6.23. The molecule has 0 atom stereocenters. The lowest BCUT2D eigenvalue weighted by Gasteiger charge is -2.00. The van der Waals surface area contributed by atoms with Gasteiger partial charge in [-0.3, -0.25) is 9.59 Å². The van der Waals surface area contributed by atoms with Gasteiger partial charge in [-0.2, -0.15) is 0 Å². The minimum Gasteiger partial charge on any atom is -0.501 e. The summed E-state index contributed by atoms with van der Waals surface area (Å²) in [6.45, 7) is 1.54. The average Bonchev–Trinajstić information content (AvgIpc) is 3.43. The lowest BCUT2D eigenvalue weighted by Crippen LogP contribution is -2.10. The van der Waals surface area contributed by atoms with E-state index in [4.69, 9.17) is 4.42 Å². The van der Waals surface area contributed by atoms with Crippen molar-refractivity contribution in [2.75, 3.05) is 0 Å². The molecule has 10 heteroatoms. The lowest BCUT2D eigenvalue weighted by molar-refractivity contribution is 0.100. The summed E-state index contributed by atoms with van der Waals surface area (Å²) in [6.07, 6.45) is 0. The Hall–Kier alpha value is -4.18. The molecule has 0 spiro atoms. The number of thiazole rings is 1. The first-order valence-corrected chi connectivity index (χ1v) is 9.96. The fraction of sp³-hybridized carbons (Fsp3) is 0.0476. The van der Waals surface area contributed by atoms with E-state index in [1.807, 2.05) is 48.5 Å². The molecule has 0 fully saturated rings. The van der Waals surface area contributed by atoms with Crippen LogP contribution in [-0.4, -0.2) is 36.0 Å². The molecule has 0 radical (unpaired) electrons. The van der Waals surface area contributed by atoms with Crippen molar-refractivity contribution < 1.29 is 14.3 Å². The summed E-state index contributed by atoms with van der Waals surface area (Å²) in [5.74, 6) is -1.51. The van der Waals surface area contributed by atoms with Gasteiger partial charge in [0.2, 0.25) is 5.75 Å². The van der Waals surface area contributed by atoms with Crippen LogP contribution < -0.4 is 5.56 Å². The summed E-state index contributed by atoms with van der Waals surface area (Å²) in [6, 6.07) is 15.7. The molecule has 152 valence electrons. The van der Waals surface area contributed by atoms with E-state index in [0.29, 0.717) is 5.52 Å². The molecule has 0 amide bonds. The third kappa shape index (κ3) is 3.38. The molecule has 0 saturated heterocycles. The summed E-state index contributed by atoms with van der Waals surface area (Å²) in [7, 11) is 0. The second-order valence-corrected chi connectivity index (χ2v) is 7.69. The van der Waals surface area contributed by atoms with Crippen molar-refractivity contribution in [2.45, 2.75) is 6.92 Å². The molecular formula is C21H13N5O4S. The number of aryl methyl sites for hydroxylation is 1. The molecule has 0 aliphatic heterocycles. The molecule has 2 aromatic carbocycles. The number of hydrogen-bond acceptors (Lipinski definition) is 9. The van der Waals surface area contributed by atoms with Gasteiger partial charge in [0.1, 0.15) is 5.82 Å². The highest BCUT2D eigenvalue weighted by Gasteiger charge is 2.24. The lowest BCUT2D eigenvalue weighted by atomic mass is 10.1. The first-order valence-electron chi connectivity index (χ1n) is 9.14. The molecule has 31 heavy (non-hydrogen) atoms. The molecule has 0 aliphatic carbocycles. The number of nitrogens with one attached hydrogen (secondary N) is 1. The maximum atomic E-state index is 12.8. The predicted octanol–water partition coefficient (Wildman–Crippen LogP) is 3.34. The Kier molecular flexibility index (Phi) is 4.41. The normalized spacial score (nSPS) is 11.1. The van der Waals surface area contributed by atoms with Crippen molar-refractivity contribution in [3.63, 3.8) is 0 Å². The first-order chi connectivity index (χ1) is 15.0. The average molecular weight is 431 g/mol. The predicted molar refractivity (Wildman–Crippen MR) is 113 cm³/mol. The molecular weight excluding hydrogens is 418 g/mol. The molecule has 9 nitrogen and oxygen atoms in total. The van der Waals surface area contributed by atoms with Gasteiger partial charge in [-0.25, -0.2) is 9.97 Å². The zero-order valence-corrected chi connectivity index (χ0v) is 16.8. The van der Waals surface area contributed by atoms with Crippen LogP contribution in [0.2, 0.25) is 0 Å². The number of carbonyl (C=O) groups is 1. The number of hydrogen-bond donors (Lipinski definition) is 2. The monoisotopic (exact) mass is 431 g/mol. The highest BCUT2D eigenvalue weighted by molar-refractivity contribution is 7.20. The van der Waals surface area contributed by atoms with Crippen molar-refractivity contribution >= 4 is 27.3 Å². The van der Waals surface area contributed by atoms with Crippen LogP contribution in [0.25, 0.3) is 32.9 Å². The second kappa shape index (κ2) is 7.26. The maximum absolute atomic E-state index is 12.8. The Morgan fingerprint density at radius 1 is 1.06 bits per heavy atom. The van der Waals surface area contributed by atoms with E-state index >= 15 is 0 Å². The Bertz CT molecular complexity index is 1500. The number of aromatic amines is 1. The molecule has 3 heterocycles. The number of rotatable bonds is 4. The van der Waals surface area contributed by atoms with E-state index < -0.39 is 17.1 Å². The first kappa shape index (κ1) is 18.8. The Morgan fingerprint density at radius 2 is 1.87 bits per heavy atom. The van der Waals surface area contributed by atoms with Crippen LogP contribution >= 0.6 is 11.3 Å². The second-order valence-electron chi connectivity index (χ2n) is 6.66. The topological polar surface area (TPSA) is 135 Å². The number of H-pyrrole nitrogens is 1. The summed E-state index contributed by atoms with van der Waals surface area (Å²) in [5.41, 5.74) is 1.82. The van der Waals surface area contributed by atoms with Crippen molar-refractivity contribution in [3.8, 4) is 28.5 Å². The van der Waals surface area contributed by atoms with Crippen molar-refractivity contribution in [3.05, 3.63) is 75.6 Å². The SMILES string of the molecule is Cc1nc(-c2nnc(C(=O)c3nc4ccc(-c5ccccc5)cc4s3)o2)c(O)c(=O)[nH]1. The molecule has 2 N–H and O–H groups in total. The van der Waals surface area contributed by atoms with Gasteiger partial charge in [-0.1, -0.05) is 36.4 Å². The van der Waals surface area contributed by atoms with Gasteiger partial charge in [0, 0.05) is 0 Å². The van der Waals surface area contributed by atoms with Gasteiger partial charge in [-0.05, 0) is 30.2 Å². The van der Waals surface area contributed by atoms with Crippen molar-refractivity contribution in [2.24, 2.45) is 0 Å². The van der Waals surface area contributed by atoms with Crippen LogP contribution in [0.3, 0.4) is 0 Å². The third-order valence-electron chi connectivity index (χ3n) is 4.52. The van der Waals surface area contributed by atoms with E-state index in [1.165, 1.54) is 18.3 Å². The van der Waals surface area contributed by atoms with E-state index in [1.54, 1.807) is 0 Å². The highest BCUT2D eigenvalue weighted by Crippen LogP contribution is 2.30. The number of aromatic hydroxyl groups is 1. The molecule has 5 aromatic rings. The van der Waals surface area contributed by atoms with E-state index in [9.17, 15) is 14.7 Å². The molecule has 0 aliphatic rings. The number of aromatic nitrogens is 5. The van der Waals surface area contributed by atoms with Crippen molar-refractivity contribution in [1.82, 2.24) is 25.1 Å². The van der Waals surface area contributed by atoms with Crippen molar-refractivity contribution in [1.29, 1.82) is 0 Å². The molecule has 3 aromatic heterocycles. The fourth-order valence-electron chi connectivity index (χ4n) is 3.06. The van der Waals surface area contributed by atoms with Gasteiger partial charge < -0.3 is 14.5 Å². The Morgan fingerprint density at radius 3 is 2.68 bits per heavy atom. The largest absolute Gasteiger partial charge is 0.501 e. The van der Waals surface area contributed by atoms with E-state index in [0.717, 1.165) is 15.8 Å². The summed E-state index contributed by atoms with van der Waals surface area (Å²) in [4.78, 5) is 35.3. The zero-order chi connectivity index (χ0) is 21.5. The number of ketones is 1. The summed E-state index contributed by atoms with van der Waals surface area (Å²) in [5, 5.41) is 17.6. The number of nitrogens with zero attached hydrogens (tertiary/aromatic N) is 4. The smallest absolute Gasteiger partial charge is 0.293 e. The third-order valence-corrected chi connectivity index (χ3v) is 5.54. The van der Waals surface area contributed by atoms with Gasteiger partial charge in [0.25, 0.3) is 23.1 Å². The van der Waals surface area contributed by atoms with Gasteiger partial charge >= 0.3 is 0 Å². The van der Waals surface area contributed by atoms with Crippen LogP contribution in [0.15, 0.2) is 57.7 Å². The zero-order valence-electron chi connectivity index (χ0n) is 16.0. The van der Waals surface area contributed by atoms with E-state index in [2.05, 4.69) is 25.1 Å². The molecule has 5 rings (SSSR count). The minimum atomic E-state index is -0.742. The van der Waals surface area contributed by atoms with Crippen LogP contribution in [0.5, 0.6) is 5.75 Å². The number of fused-ring (bicyclic) bond motifs is 1. The molecule has 0 saturated carbocycles. The Balaban J connectivity index is 1.49. The highest BCUT2D eigenvalue weighted by atomic mass is 32.1. The number of carbonyl (C=O) groups excluding carboxylic acids is 1. The summed E-state index contributed by atoms with van der Waals surface area (Å²) >= 11 is 1.21. The maximum Gasteiger partial charge on any atom is 0.293 e. The standard InChI is InChI=1S/C21H13N5O4S/c1-10-22-15(16(27)18(29)23-10)19-25-26-20(30-19)17(28)21-24-13-8-7-12(9-14(13)31-21)11-5-3-2-4-6-11/h2-9,27H,1H3,(H,22,23,29). The van der Waals surface area contributed by atoms with E-state index in [-0.39, 0.29) is 28.3 Å². The molecule has 0 bridgehead atoms. The van der Waals surface area contributed by atoms with Crippen LogP contribution in [0, 0.1) is 6.92 Å². The van der Waals surface area contributed by atoms with Gasteiger partial charge in [0.15, 0.2) is 10.7 Å². The van der Waals surface area contributed by atoms with Gasteiger partial charge in [-0.15, -0.1) is 21.5 Å². The number of benzene rings is 2. The van der Waals surface area contributed by atoms with Crippen LogP contribution in [0.1, 0.15) is 21.5 Å². The van der Waals surface area contributed by atoms with Crippen LogP contribution in [-0.2, 0) is 0 Å². The minimum absolute atomic E-state index is 0.190. The Labute approximate surface area is 178 Å². The van der Waals surface area contributed by atoms with Gasteiger partial charge in [0.05, 0.1) is 10.2 Å². The fourth-order valence-corrected chi connectivity index (χ4v) is 4.00. The molecule has 0 unspecified atom stereocenters.